The van der Waals surface area contributed by atoms with E-state index in [1.165, 1.54) is 0 Å². The summed E-state index contributed by atoms with van der Waals surface area (Å²) in [5.41, 5.74) is 0. The molecule has 0 aliphatic heterocycles. The Labute approximate surface area is 145 Å². The molecule has 134 valence electrons. The molecule has 22 heavy (non-hydrogen) atoms. The van der Waals surface area contributed by atoms with Crippen molar-refractivity contribution in [3.8, 4) is 0 Å². The van der Waals surface area contributed by atoms with Crippen LogP contribution in [0.1, 0.15) is 79.1 Å². The summed E-state index contributed by atoms with van der Waals surface area (Å²) in [5.74, 6) is 0. The van der Waals surface area contributed by atoms with E-state index in [0.717, 1.165) is 69.5 Å². The molecule has 0 atom stereocenters. The van der Waals surface area contributed by atoms with Crippen LogP contribution in [0.25, 0.3) is 0 Å². The van der Waals surface area contributed by atoms with E-state index in [1.54, 1.807) is 0 Å². The molecule has 0 aliphatic rings. The summed E-state index contributed by atoms with van der Waals surface area (Å²) < 4.78 is 32.2. The summed E-state index contributed by atoms with van der Waals surface area (Å²) in [5, 5.41) is 0. The van der Waals surface area contributed by atoms with Gasteiger partial charge in [0, 0.05) is 0 Å². The van der Waals surface area contributed by atoms with Gasteiger partial charge in [-0.1, -0.05) is 0 Å². The first kappa shape index (κ1) is 22.9. The van der Waals surface area contributed by atoms with Crippen LogP contribution >= 0.6 is 0 Å². The number of hydrogen-bond acceptors (Lipinski definition) is 4. The van der Waals surface area contributed by atoms with Gasteiger partial charge in [-0.05, 0) is 0 Å². The molecular weight excluding hydrogens is 375 g/mol. The molecule has 0 amide bonds. The third-order valence-corrected chi connectivity index (χ3v) is 15.2. The molecular formula is C16H38O4SiZr. The van der Waals surface area contributed by atoms with Crippen molar-refractivity contribution in [1.29, 1.82) is 0 Å². The van der Waals surface area contributed by atoms with Crippen molar-refractivity contribution >= 4 is 8.32 Å². The van der Waals surface area contributed by atoms with E-state index in [4.69, 9.17) is 5.32 Å². The fraction of sp³-hybridized carbons (Fsp3) is 1.00. The fourth-order valence-electron chi connectivity index (χ4n) is 2.69. The second-order valence-corrected chi connectivity index (χ2v) is 15.3. The van der Waals surface area contributed by atoms with E-state index in [0.29, 0.717) is 6.61 Å². The summed E-state index contributed by atoms with van der Waals surface area (Å²) in [6.07, 6.45) is 8.61. The summed E-state index contributed by atoms with van der Waals surface area (Å²) in [6, 6.07) is 3.13. The van der Waals surface area contributed by atoms with Crippen molar-refractivity contribution in [1.82, 2.24) is 0 Å². The van der Waals surface area contributed by atoms with Gasteiger partial charge in [0.1, 0.15) is 0 Å². The number of hydrogen-bond donors (Lipinski definition) is 2. The minimum atomic E-state index is -4.76. The number of unbranched alkanes of at least 4 members (excludes halogenated alkanes) is 4. The SMILES string of the molecule is CCCC[O][Zr]([OH])([OH])[O][Si](CCCC)(CCCC)CCCC. The van der Waals surface area contributed by atoms with Crippen LogP contribution in [0.15, 0.2) is 0 Å². The van der Waals surface area contributed by atoms with Gasteiger partial charge in [0.2, 0.25) is 0 Å². The molecule has 0 aromatic rings. The van der Waals surface area contributed by atoms with E-state index < -0.39 is 30.3 Å². The maximum atomic E-state index is 10.3. The van der Waals surface area contributed by atoms with Crippen molar-refractivity contribution in [3.05, 3.63) is 0 Å². The van der Waals surface area contributed by atoms with Crippen molar-refractivity contribution in [2.75, 3.05) is 6.61 Å². The average Bonchev–Trinajstić information content (AvgIpc) is 2.48. The van der Waals surface area contributed by atoms with Crippen LogP contribution in [0.4, 0.5) is 0 Å². The second-order valence-electron chi connectivity index (χ2n) is 6.35. The molecule has 0 bridgehead atoms. The molecule has 6 heteroatoms. The van der Waals surface area contributed by atoms with Gasteiger partial charge in [0.15, 0.2) is 0 Å². The van der Waals surface area contributed by atoms with Gasteiger partial charge in [0.05, 0.1) is 0 Å². The fourth-order valence-corrected chi connectivity index (χ4v) is 15.2. The zero-order chi connectivity index (χ0) is 16.9. The molecule has 0 spiro atoms. The van der Waals surface area contributed by atoms with Crippen LogP contribution < -0.4 is 0 Å². The van der Waals surface area contributed by atoms with E-state index in [2.05, 4.69) is 27.7 Å². The van der Waals surface area contributed by atoms with Gasteiger partial charge in [-0.3, -0.25) is 0 Å². The molecule has 0 aliphatic carbocycles. The van der Waals surface area contributed by atoms with Crippen molar-refractivity contribution in [2.24, 2.45) is 0 Å². The van der Waals surface area contributed by atoms with Crippen LogP contribution in [0.3, 0.4) is 0 Å². The molecule has 0 unspecified atom stereocenters. The summed E-state index contributed by atoms with van der Waals surface area (Å²) >= 11 is -4.76. The first-order chi connectivity index (χ1) is 10.4. The predicted octanol–water partition coefficient (Wildman–Crippen LogP) is 4.96. The van der Waals surface area contributed by atoms with Crippen molar-refractivity contribution < 1.29 is 33.7 Å². The monoisotopic (exact) mass is 412 g/mol. The maximum absolute atomic E-state index is 10.3. The Balaban J connectivity index is 4.88. The summed E-state index contributed by atoms with van der Waals surface area (Å²) in [7, 11) is -2.09. The van der Waals surface area contributed by atoms with Crippen LogP contribution in [-0.4, -0.2) is 21.3 Å². The van der Waals surface area contributed by atoms with E-state index in [-0.39, 0.29) is 0 Å². The van der Waals surface area contributed by atoms with Gasteiger partial charge >= 0.3 is 146 Å². The van der Waals surface area contributed by atoms with E-state index in [1.807, 2.05) is 0 Å². The normalized spacial score (nSPS) is 12.8. The molecule has 0 heterocycles. The minimum absolute atomic E-state index is 0.416. The van der Waals surface area contributed by atoms with Gasteiger partial charge in [0.25, 0.3) is 0 Å². The van der Waals surface area contributed by atoms with Gasteiger partial charge < -0.3 is 0 Å². The third kappa shape index (κ3) is 10.7. The van der Waals surface area contributed by atoms with E-state index >= 15 is 0 Å². The summed E-state index contributed by atoms with van der Waals surface area (Å²) in [4.78, 5) is 0. The molecule has 0 fully saturated rings. The second kappa shape index (κ2) is 13.3. The Morgan fingerprint density at radius 1 is 0.727 bits per heavy atom. The van der Waals surface area contributed by atoms with Gasteiger partial charge in [-0.25, -0.2) is 0 Å². The predicted molar refractivity (Wildman–Crippen MR) is 91.3 cm³/mol. The molecule has 4 nitrogen and oxygen atoms in total. The van der Waals surface area contributed by atoms with Gasteiger partial charge in [-0.2, -0.15) is 0 Å². The van der Waals surface area contributed by atoms with Crippen LogP contribution in [0.5, 0.6) is 0 Å². The van der Waals surface area contributed by atoms with Crippen molar-refractivity contribution in [2.45, 2.75) is 97.2 Å². The number of rotatable bonds is 15. The first-order valence-corrected chi connectivity index (χ1v) is 16.0. The average molecular weight is 414 g/mol. The Hall–Kier alpha value is 0.940. The molecule has 0 rings (SSSR count). The summed E-state index contributed by atoms with van der Waals surface area (Å²) in [6.45, 7) is 9.04. The zero-order valence-electron chi connectivity index (χ0n) is 15.2. The molecule has 0 saturated carbocycles. The molecule has 0 aromatic carbocycles. The molecule has 0 saturated heterocycles. The van der Waals surface area contributed by atoms with E-state index in [9.17, 15) is 6.37 Å². The Bertz CT molecular complexity index is 243. The Morgan fingerprint density at radius 2 is 1.14 bits per heavy atom. The topological polar surface area (TPSA) is 58.9 Å². The Morgan fingerprint density at radius 3 is 1.50 bits per heavy atom. The Kier molecular flexibility index (Phi) is 13.8. The van der Waals surface area contributed by atoms with Crippen molar-refractivity contribution in [3.63, 3.8) is 0 Å². The van der Waals surface area contributed by atoms with Gasteiger partial charge in [-0.15, -0.1) is 0 Å². The molecule has 2 N–H and O–H groups in total. The van der Waals surface area contributed by atoms with Crippen LogP contribution in [0.2, 0.25) is 18.1 Å². The van der Waals surface area contributed by atoms with Crippen LogP contribution in [0, 0.1) is 0 Å². The zero-order valence-corrected chi connectivity index (χ0v) is 18.7. The quantitative estimate of drug-likeness (QED) is 0.294. The third-order valence-electron chi connectivity index (χ3n) is 4.10. The standard InChI is InChI=1S/C12H27OSi.C4H9O.2H2O.Zr/c1-4-7-10-14(13,11-8-5-2)12-9-6-3;1-2-3-4-5;;;/h4-12H2,1-3H3;2-4H2,1H3;2*1H2;/q2*-1;;;+4/p-2. The first-order valence-electron chi connectivity index (χ1n) is 9.24. The van der Waals surface area contributed by atoms with Crippen LogP contribution in [-0.2, 0) is 27.3 Å². The molecule has 0 aromatic heterocycles. The molecule has 0 radical (unpaired) electrons.